The Kier molecular flexibility index (Phi) is 9.72. The third-order valence-corrected chi connectivity index (χ3v) is 4.85. The molecule has 0 amide bonds. The van der Waals surface area contributed by atoms with E-state index < -0.39 is 5.60 Å². The van der Waals surface area contributed by atoms with Crippen molar-refractivity contribution in [3.05, 3.63) is 42.0 Å². The van der Waals surface area contributed by atoms with Crippen LogP contribution in [0.15, 0.2) is 36.4 Å². The second-order valence-electron chi connectivity index (χ2n) is 9.20. The molecule has 1 aliphatic rings. The Morgan fingerprint density at radius 3 is 2.52 bits per heavy atom. The Hall–Kier alpha value is -2.18. The molecule has 1 fully saturated rings. The maximum absolute atomic E-state index is 12.2. The van der Waals surface area contributed by atoms with E-state index in [-0.39, 0.29) is 29.9 Å². The molecule has 0 radical (unpaired) electrons. The minimum Gasteiger partial charge on any atom is -0.497 e. The molecule has 0 unspecified atom stereocenters. The highest BCUT2D eigenvalue weighted by atomic mass is 16.6. The number of esters is 1. The van der Waals surface area contributed by atoms with E-state index >= 15 is 0 Å². The van der Waals surface area contributed by atoms with Gasteiger partial charge in [0.25, 0.3) is 0 Å². The van der Waals surface area contributed by atoms with Gasteiger partial charge in [-0.2, -0.15) is 0 Å². The van der Waals surface area contributed by atoms with E-state index in [0.717, 1.165) is 17.7 Å². The standard InChI is InChI=1S/C25H36O6/c1-18(16-29-17-19-9-11-21(28-5)12-10-19)13-23-15-20(26)14-22(30-23)7-6-8-24(27)31-25(2,3)4/h6,8-12,18,22-23H,7,13-17H2,1-5H3/b8-6+/t18-,22+,23-/m1/s1. The lowest BCUT2D eigenvalue weighted by Gasteiger charge is -2.30. The van der Waals surface area contributed by atoms with Crippen molar-refractivity contribution < 1.29 is 28.5 Å². The number of carbonyl (C=O) groups excluding carboxylic acids is 2. The predicted molar refractivity (Wildman–Crippen MR) is 119 cm³/mol. The number of rotatable bonds is 10. The van der Waals surface area contributed by atoms with Crippen LogP contribution in [0.5, 0.6) is 5.75 Å². The van der Waals surface area contributed by atoms with Crippen molar-refractivity contribution in [2.75, 3.05) is 13.7 Å². The first-order valence-corrected chi connectivity index (χ1v) is 10.9. The molecule has 1 aliphatic heterocycles. The van der Waals surface area contributed by atoms with Crippen LogP contribution < -0.4 is 4.74 Å². The highest BCUT2D eigenvalue weighted by Crippen LogP contribution is 2.24. The van der Waals surface area contributed by atoms with Gasteiger partial charge in [-0.25, -0.2) is 4.79 Å². The summed E-state index contributed by atoms with van der Waals surface area (Å²) in [7, 11) is 1.65. The molecule has 172 valence electrons. The van der Waals surface area contributed by atoms with E-state index in [4.69, 9.17) is 18.9 Å². The first kappa shape index (κ1) is 25.1. The van der Waals surface area contributed by atoms with Gasteiger partial charge in [-0.15, -0.1) is 0 Å². The van der Waals surface area contributed by atoms with Gasteiger partial charge in [-0.1, -0.05) is 25.1 Å². The van der Waals surface area contributed by atoms with Gasteiger partial charge in [-0.3, -0.25) is 4.79 Å². The third kappa shape index (κ3) is 10.1. The minimum atomic E-state index is -0.518. The molecule has 31 heavy (non-hydrogen) atoms. The summed E-state index contributed by atoms with van der Waals surface area (Å²) in [5.41, 5.74) is 0.573. The Balaban J connectivity index is 1.72. The summed E-state index contributed by atoms with van der Waals surface area (Å²) in [6.07, 6.45) is 4.95. The molecule has 1 heterocycles. The molecule has 0 N–H and O–H groups in total. The Labute approximate surface area is 185 Å². The van der Waals surface area contributed by atoms with Gasteiger partial charge < -0.3 is 18.9 Å². The van der Waals surface area contributed by atoms with Gasteiger partial charge in [-0.05, 0) is 57.2 Å². The molecule has 2 rings (SSSR count). The third-order valence-electron chi connectivity index (χ3n) is 4.85. The fraction of sp³-hybridized carbons (Fsp3) is 0.600. The molecule has 0 bridgehead atoms. The quantitative estimate of drug-likeness (QED) is 0.396. The van der Waals surface area contributed by atoms with Crippen LogP contribution in [-0.2, 0) is 30.4 Å². The van der Waals surface area contributed by atoms with Crippen molar-refractivity contribution in [3.63, 3.8) is 0 Å². The molecule has 6 heteroatoms. The average molecular weight is 433 g/mol. The molecule has 0 aromatic heterocycles. The van der Waals surface area contributed by atoms with Crippen molar-refractivity contribution in [1.82, 2.24) is 0 Å². The van der Waals surface area contributed by atoms with Crippen LogP contribution in [0.4, 0.5) is 0 Å². The minimum absolute atomic E-state index is 0.110. The van der Waals surface area contributed by atoms with Gasteiger partial charge in [0.15, 0.2) is 0 Å². The number of hydrogen-bond acceptors (Lipinski definition) is 6. The number of hydrogen-bond donors (Lipinski definition) is 0. The van der Waals surface area contributed by atoms with Crippen molar-refractivity contribution in [1.29, 1.82) is 0 Å². The van der Waals surface area contributed by atoms with Crippen LogP contribution in [0.3, 0.4) is 0 Å². The Morgan fingerprint density at radius 1 is 1.19 bits per heavy atom. The van der Waals surface area contributed by atoms with Crippen molar-refractivity contribution in [2.24, 2.45) is 5.92 Å². The highest BCUT2D eigenvalue weighted by molar-refractivity contribution is 5.82. The number of benzene rings is 1. The maximum Gasteiger partial charge on any atom is 0.330 e. The van der Waals surface area contributed by atoms with E-state index in [0.29, 0.717) is 32.5 Å². The predicted octanol–water partition coefficient (Wildman–Crippen LogP) is 4.64. The van der Waals surface area contributed by atoms with Gasteiger partial charge in [0.05, 0.1) is 25.9 Å². The zero-order valence-corrected chi connectivity index (χ0v) is 19.4. The van der Waals surface area contributed by atoms with Gasteiger partial charge in [0.1, 0.15) is 17.1 Å². The summed E-state index contributed by atoms with van der Waals surface area (Å²) in [5, 5.41) is 0. The second-order valence-corrected chi connectivity index (χ2v) is 9.20. The van der Waals surface area contributed by atoms with Crippen molar-refractivity contribution in [2.45, 2.75) is 77.8 Å². The lowest BCUT2D eigenvalue weighted by molar-refractivity contribution is -0.148. The normalized spacial score (nSPS) is 20.6. The molecular formula is C25H36O6. The summed E-state index contributed by atoms with van der Waals surface area (Å²) in [5.74, 6) is 0.922. The average Bonchev–Trinajstić information content (AvgIpc) is 2.66. The summed E-state index contributed by atoms with van der Waals surface area (Å²) >= 11 is 0. The summed E-state index contributed by atoms with van der Waals surface area (Å²) in [6.45, 7) is 8.73. The van der Waals surface area contributed by atoms with E-state index in [2.05, 4.69) is 6.92 Å². The van der Waals surface area contributed by atoms with E-state index in [1.807, 2.05) is 45.0 Å². The van der Waals surface area contributed by atoms with Gasteiger partial charge >= 0.3 is 5.97 Å². The number of carbonyl (C=O) groups is 2. The first-order chi connectivity index (χ1) is 14.6. The van der Waals surface area contributed by atoms with E-state index in [9.17, 15) is 9.59 Å². The molecule has 0 spiro atoms. The molecule has 1 aromatic rings. The smallest absolute Gasteiger partial charge is 0.330 e. The lowest BCUT2D eigenvalue weighted by atomic mass is 9.94. The van der Waals surface area contributed by atoms with Crippen LogP contribution in [0.25, 0.3) is 0 Å². The lowest BCUT2D eigenvalue weighted by Crippen LogP contribution is -2.34. The second kappa shape index (κ2) is 12.0. The van der Waals surface area contributed by atoms with Crippen molar-refractivity contribution in [3.8, 4) is 5.75 Å². The number of Topliss-reactive ketones (excluding diaryl/α,β-unsaturated/α-hetero) is 1. The number of ether oxygens (including phenoxy) is 4. The summed E-state index contributed by atoms with van der Waals surface area (Å²) in [4.78, 5) is 23.9. The fourth-order valence-corrected chi connectivity index (χ4v) is 3.51. The SMILES string of the molecule is COc1ccc(COC[C@H](C)C[C@@H]2CC(=O)C[C@H](C/C=C/C(=O)OC(C)(C)C)O2)cc1. The molecule has 1 aromatic carbocycles. The molecular weight excluding hydrogens is 396 g/mol. The molecule has 6 nitrogen and oxygen atoms in total. The van der Waals surface area contributed by atoms with Gasteiger partial charge in [0.2, 0.25) is 0 Å². The van der Waals surface area contributed by atoms with Crippen LogP contribution in [0.2, 0.25) is 0 Å². The number of ketones is 1. The zero-order chi connectivity index (χ0) is 22.9. The largest absolute Gasteiger partial charge is 0.497 e. The maximum atomic E-state index is 12.2. The molecule has 3 atom stereocenters. The molecule has 0 saturated carbocycles. The Bertz CT molecular complexity index is 731. The fourth-order valence-electron chi connectivity index (χ4n) is 3.51. The van der Waals surface area contributed by atoms with E-state index in [1.54, 1.807) is 13.2 Å². The summed E-state index contributed by atoms with van der Waals surface area (Å²) in [6, 6.07) is 7.81. The monoisotopic (exact) mass is 432 g/mol. The van der Waals surface area contributed by atoms with Crippen LogP contribution >= 0.6 is 0 Å². The first-order valence-electron chi connectivity index (χ1n) is 10.9. The van der Waals surface area contributed by atoms with Crippen LogP contribution in [-0.4, -0.2) is 43.3 Å². The highest BCUT2D eigenvalue weighted by Gasteiger charge is 2.28. The van der Waals surface area contributed by atoms with Crippen molar-refractivity contribution >= 4 is 11.8 Å². The van der Waals surface area contributed by atoms with Crippen LogP contribution in [0, 0.1) is 5.92 Å². The van der Waals surface area contributed by atoms with Gasteiger partial charge in [0, 0.05) is 25.5 Å². The zero-order valence-electron chi connectivity index (χ0n) is 19.4. The number of methoxy groups -OCH3 is 1. The Morgan fingerprint density at radius 2 is 1.87 bits per heavy atom. The summed E-state index contributed by atoms with van der Waals surface area (Å²) < 4.78 is 22.4. The van der Waals surface area contributed by atoms with Crippen LogP contribution in [0.1, 0.15) is 58.9 Å². The van der Waals surface area contributed by atoms with E-state index in [1.165, 1.54) is 6.08 Å². The molecule has 0 aliphatic carbocycles. The molecule has 1 saturated heterocycles. The topological polar surface area (TPSA) is 71.1 Å².